The van der Waals surface area contributed by atoms with E-state index in [-0.39, 0.29) is 23.8 Å². The van der Waals surface area contributed by atoms with Gasteiger partial charge in [-0.15, -0.1) is 0 Å². The molecule has 0 aliphatic heterocycles. The summed E-state index contributed by atoms with van der Waals surface area (Å²) < 4.78 is 32.9. The van der Waals surface area contributed by atoms with E-state index < -0.39 is 10.0 Å². The van der Waals surface area contributed by atoms with Gasteiger partial charge in [0.25, 0.3) is 0 Å². The van der Waals surface area contributed by atoms with Crippen molar-refractivity contribution >= 4 is 42.6 Å². The van der Waals surface area contributed by atoms with Crippen molar-refractivity contribution in [2.24, 2.45) is 0 Å². The first kappa shape index (κ1) is 19.3. The molecule has 0 atom stereocenters. The van der Waals surface area contributed by atoms with Crippen molar-refractivity contribution in [2.75, 3.05) is 19.0 Å². The number of rotatable bonds is 7. The van der Waals surface area contributed by atoms with Gasteiger partial charge in [0.1, 0.15) is 5.75 Å². The molecule has 1 amide bonds. The molecule has 0 aliphatic carbocycles. The molecule has 2 aromatic carbocycles. The first-order valence-corrected chi connectivity index (χ1v) is 10.5. The number of sulfonamides is 1. The molecule has 0 radical (unpaired) electrons. The minimum Gasteiger partial charge on any atom is -0.497 e. The molecule has 7 nitrogen and oxygen atoms in total. The SMILES string of the molecule is COc1ccc2nc(NC(=O)CCNS(=O)(=O)c3ccc(C)cc3)sc2c1. The van der Waals surface area contributed by atoms with Crippen LogP contribution in [0.2, 0.25) is 0 Å². The fourth-order valence-corrected chi connectivity index (χ4v) is 4.31. The highest BCUT2D eigenvalue weighted by molar-refractivity contribution is 7.89. The summed E-state index contributed by atoms with van der Waals surface area (Å²) in [4.78, 5) is 16.6. The number of fused-ring (bicyclic) bond motifs is 1. The topological polar surface area (TPSA) is 97.4 Å². The number of carbonyl (C=O) groups is 1. The summed E-state index contributed by atoms with van der Waals surface area (Å²) in [6.45, 7) is 1.88. The van der Waals surface area contributed by atoms with E-state index >= 15 is 0 Å². The number of nitrogens with zero attached hydrogens (tertiary/aromatic N) is 1. The van der Waals surface area contributed by atoms with Crippen molar-refractivity contribution in [3.05, 3.63) is 48.0 Å². The second kappa shape index (κ2) is 8.03. The minimum absolute atomic E-state index is 0.000755. The van der Waals surface area contributed by atoms with E-state index in [9.17, 15) is 13.2 Å². The van der Waals surface area contributed by atoms with Crippen molar-refractivity contribution < 1.29 is 17.9 Å². The Labute approximate surface area is 161 Å². The molecular formula is C18H19N3O4S2. The van der Waals surface area contributed by atoms with Gasteiger partial charge in [-0.05, 0) is 37.3 Å². The standard InChI is InChI=1S/C18H19N3O4S2/c1-12-3-6-14(7-4-12)27(23,24)19-10-9-17(22)21-18-20-15-8-5-13(25-2)11-16(15)26-18/h3-8,11,19H,9-10H2,1-2H3,(H,20,21,22). The van der Waals surface area contributed by atoms with E-state index in [2.05, 4.69) is 15.0 Å². The lowest BCUT2D eigenvalue weighted by molar-refractivity contribution is -0.116. The number of aryl methyl sites for hydroxylation is 1. The largest absolute Gasteiger partial charge is 0.497 e. The number of hydrogen-bond donors (Lipinski definition) is 2. The maximum absolute atomic E-state index is 12.2. The van der Waals surface area contributed by atoms with Gasteiger partial charge in [0, 0.05) is 13.0 Å². The normalized spacial score (nSPS) is 11.5. The van der Waals surface area contributed by atoms with Gasteiger partial charge >= 0.3 is 0 Å². The number of benzene rings is 2. The van der Waals surface area contributed by atoms with Gasteiger partial charge in [0.05, 0.1) is 22.2 Å². The second-order valence-electron chi connectivity index (χ2n) is 5.86. The van der Waals surface area contributed by atoms with E-state index in [1.54, 1.807) is 25.3 Å². The molecule has 0 bridgehead atoms. The summed E-state index contributed by atoms with van der Waals surface area (Å²) in [6.07, 6.45) is 0.00430. The molecule has 2 N–H and O–H groups in total. The zero-order valence-electron chi connectivity index (χ0n) is 14.9. The average Bonchev–Trinajstić information content (AvgIpc) is 3.02. The third-order valence-corrected chi connectivity index (χ3v) is 6.23. The van der Waals surface area contributed by atoms with E-state index in [1.807, 2.05) is 19.1 Å². The maximum Gasteiger partial charge on any atom is 0.240 e. The molecule has 3 rings (SSSR count). The summed E-state index contributed by atoms with van der Waals surface area (Å²) >= 11 is 1.33. The Hall–Kier alpha value is -2.49. The molecule has 1 aromatic heterocycles. The smallest absolute Gasteiger partial charge is 0.240 e. The molecule has 27 heavy (non-hydrogen) atoms. The number of nitrogens with one attached hydrogen (secondary N) is 2. The van der Waals surface area contributed by atoms with E-state index in [1.165, 1.54) is 23.5 Å². The quantitative estimate of drug-likeness (QED) is 0.630. The van der Waals surface area contributed by atoms with Gasteiger partial charge in [-0.25, -0.2) is 18.1 Å². The zero-order chi connectivity index (χ0) is 19.4. The summed E-state index contributed by atoms with van der Waals surface area (Å²) in [5, 5.41) is 3.16. The molecule has 142 valence electrons. The average molecular weight is 406 g/mol. The molecule has 9 heteroatoms. The van der Waals surface area contributed by atoms with Crippen molar-refractivity contribution in [1.29, 1.82) is 0 Å². The number of methoxy groups -OCH3 is 1. The molecule has 0 aliphatic rings. The van der Waals surface area contributed by atoms with E-state index in [0.29, 0.717) is 5.13 Å². The van der Waals surface area contributed by atoms with Crippen molar-refractivity contribution in [3.63, 3.8) is 0 Å². The van der Waals surface area contributed by atoms with Gasteiger partial charge in [-0.2, -0.15) is 0 Å². The molecule has 0 spiro atoms. The predicted molar refractivity (Wildman–Crippen MR) is 106 cm³/mol. The Bertz CT molecular complexity index is 1060. The molecule has 0 saturated carbocycles. The number of hydrogen-bond acceptors (Lipinski definition) is 6. The van der Waals surface area contributed by atoms with Crippen molar-refractivity contribution in [1.82, 2.24) is 9.71 Å². The van der Waals surface area contributed by atoms with Crippen LogP contribution in [0.4, 0.5) is 5.13 Å². The van der Waals surface area contributed by atoms with Gasteiger partial charge in [-0.3, -0.25) is 4.79 Å². The Morgan fingerprint density at radius 3 is 2.63 bits per heavy atom. The summed E-state index contributed by atoms with van der Waals surface area (Å²) in [5.41, 5.74) is 1.73. The Kier molecular flexibility index (Phi) is 5.73. The number of anilines is 1. The maximum atomic E-state index is 12.2. The highest BCUT2D eigenvalue weighted by atomic mass is 32.2. The van der Waals surface area contributed by atoms with Crippen LogP contribution >= 0.6 is 11.3 Å². The summed E-state index contributed by atoms with van der Waals surface area (Å²) in [5.74, 6) is 0.405. The summed E-state index contributed by atoms with van der Waals surface area (Å²) in [7, 11) is -2.04. The monoisotopic (exact) mass is 405 g/mol. The van der Waals surface area contributed by atoms with Crippen LogP contribution < -0.4 is 14.8 Å². The number of carbonyl (C=O) groups excluding carboxylic acids is 1. The first-order chi connectivity index (χ1) is 12.9. The lowest BCUT2D eigenvalue weighted by Crippen LogP contribution is -2.27. The lowest BCUT2D eigenvalue weighted by atomic mass is 10.2. The highest BCUT2D eigenvalue weighted by Gasteiger charge is 2.14. The predicted octanol–water partition coefficient (Wildman–Crippen LogP) is 2.92. The zero-order valence-corrected chi connectivity index (χ0v) is 16.5. The molecular weight excluding hydrogens is 386 g/mol. The van der Waals surface area contributed by atoms with E-state index in [4.69, 9.17) is 4.74 Å². The van der Waals surface area contributed by atoms with Crippen LogP contribution in [0, 0.1) is 6.92 Å². The van der Waals surface area contributed by atoms with Crippen LogP contribution in [-0.4, -0.2) is 33.0 Å². The Morgan fingerprint density at radius 2 is 1.93 bits per heavy atom. The molecule has 3 aromatic rings. The van der Waals surface area contributed by atoms with Crippen molar-refractivity contribution in [2.45, 2.75) is 18.2 Å². The third-order valence-electron chi connectivity index (χ3n) is 3.82. The Balaban J connectivity index is 1.56. The van der Waals surface area contributed by atoms with Crippen LogP contribution in [0.15, 0.2) is 47.4 Å². The lowest BCUT2D eigenvalue weighted by Gasteiger charge is -2.07. The molecule has 1 heterocycles. The highest BCUT2D eigenvalue weighted by Crippen LogP contribution is 2.29. The van der Waals surface area contributed by atoms with Gasteiger partial charge < -0.3 is 10.1 Å². The van der Waals surface area contributed by atoms with Crippen LogP contribution in [-0.2, 0) is 14.8 Å². The number of aromatic nitrogens is 1. The molecule has 0 unspecified atom stereocenters. The van der Waals surface area contributed by atoms with E-state index in [0.717, 1.165) is 21.5 Å². The van der Waals surface area contributed by atoms with Crippen LogP contribution in [0.25, 0.3) is 10.2 Å². The first-order valence-electron chi connectivity index (χ1n) is 8.18. The minimum atomic E-state index is -3.63. The van der Waals surface area contributed by atoms with Gasteiger partial charge in [0.2, 0.25) is 15.9 Å². The van der Waals surface area contributed by atoms with Gasteiger partial charge in [-0.1, -0.05) is 29.0 Å². The number of ether oxygens (including phenoxy) is 1. The van der Waals surface area contributed by atoms with Crippen LogP contribution in [0.3, 0.4) is 0 Å². The Morgan fingerprint density at radius 1 is 1.19 bits per heavy atom. The van der Waals surface area contributed by atoms with Crippen LogP contribution in [0.5, 0.6) is 5.75 Å². The number of amides is 1. The molecule has 0 saturated heterocycles. The van der Waals surface area contributed by atoms with Crippen molar-refractivity contribution in [3.8, 4) is 5.75 Å². The fourth-order valence-electron chi connectivity index (χ4n) is 2.37. The fraction of sp³-hybridized carbons (Fsp3) is 0.222. The van der Waals surface area contributed by atoms with Gasteiger partial charge in [0.15, 0.2) is 5.13 Å². The number of thiazole rings is 1. The third kappa shape index (κ3) is 4.82. The molecule has 0 fully saturated rings. The second-order valence-corrected chi connectivity index (χ2v) is 8.66. The van der Waals surface area contributed by atoms with Crippen LogP contribution in [0.1, 0.15) is 12.0 Å². The summed E-state index contributed by atoms with van der Waals surface area (Å²) in [6, 6.07) is 12.0.